The van der Waals surface area contributed by atoms with Gasteiger partial charge in [0.15, 0.2) is 12.2 Å². The molecule has 0 amide bonds. The molecule has 0 aromatic carbocycles. The van der Waals surface area contributed by atoms with E-state index in [1.165, 1.54) is 173 Å². The van der Waals surface area contributed by atoms with Crippen LogP contribution in [0, 0.1) is 23.7 Å². The third-order valence-corrected chi connectivity index (χ3v) is 19.9. The summed E-state index contributed by atoms with van der Waals surface area (Å²) in [5.41, 5.74) is 0. The monoisotopic (exact) mass is 1380 g/mol. The zero-order valence-corrected chi connectivity index (χ0v) is 63.4. The van der Waals surface area contributed by atoms with Crippen LogP contribution in [0.5, 0.6) is 0 Å². The molecule has 0 aliphatic carbocycles. The van der Waals surface area contributed by atoms with Crippen molar-refractivity contribution in [3.8, 4) is 0 Å². The first-order chi connectivity index (χ1) is 45.2. The SMILES string of the molecule is CCC(C)CCCCCCCCCCCCCCCCCCCCC(=O)O[C@H](COC(=O)CCCCCCCCC(C)CC)COP(=O)(O)OC[C@H](O)COP(=O)(O)OC[C@@H](COC(=O)CCCCCCCCCCCCC(C)C)OC(=O)CCCCCCCCC(C)C. The lowest BCUT2D eigenvalue weighted by Gasteiger charge is -2.21. The fourth-order valence-corrected chi connectivity index (χ4v) is 12.9. The summed E-state index contributed by atoms with van der Waals surface area (Å²) in [7, 11) is -9.91. The van der Waals surface area contributed by atoms with E-state index < -0.39 is 97.5 Å². The Balaban J connectivity index is 5.14. The van der Waals surface area contributed by atoms with Crippen molar-refractivity contribution in [2.45, 2.75) is 395 Å². The molecule has 0 bridgehead atoms. The van der Waals surface area contributed by atoms with Crippen LogP contribution >= 0.6 is 15.6 Å². The van der Waals surface area contributed by atoms with Gasteiger partial charge in [-0.15, -0.1) is 0 Å². The average molecular weight is 1380 g/mol. The van der Waals surface area contributed by atoms with E-state index in [0.717, 1.165) is 114 Å². The van der Waals surface area contributed by atoms with Crippen LogP contribution < -0.4 is 0 Å². The molecule has 0 heterocycles. The van der Waals surface area contributed by atoms with Crippen molar-refractivity contribution < 1.29 is 80.2 Å². The second-order valence-corrected chi connectivity index (χ2v) is 31.4. The summed E-state index contributed by atoms with van der Waals surface area (Å²) in [6, 6.07) is 0. The summed E-state index contributed by atoms with van der Waals surface area (Å²) < 4.78 is 68.4. The molecule has 3 N–H and O–H groups in total. The summed E-state index contributed by atoms with van der Waals surface area (Å²) in [6.07, 6.45) is 48.9. The topological polar surface area (TPSA) is 237 Å². The van der Waals surface area contributed by atoms with Crippen molar-refractivity contribution in [3.05, 3.63) is 0 Å². The highest BCUT2D eigenvalue weighted by molar-refractivity contribution is 7.47. The summed E-state index contributed by atoms with van der Waals surface area (Å²) in [6.45, 7) is 14.1. The Hall–Kier alpha value is -1.94. The smallest absolute Gasteiger partial charge is 0.462 e. The number of aliphatic hydroxyl groups excluding tert-OH is 1. The Kier molecular flexibility index (Phi) is 63.1. The zero-order chi connectivity index (χ0) is 69.6. The van der Waals surface area contributed by atoms with Crippen LogP contribution in [-0.4, -0.2) is 96.7 Å². The minimum Gasteiger partial charge on any atom is -0.462 e. The van der Waals surface area contributed by atoms with E-state index >= 15 is 0 Å². The van der Waals surface area contributed by atoms with Crippen LogP contribution in [-0.2, 0) is 65.4 Å². The first kappa shape index (κ1) is 92.1. The summed E-state index contributed by atoms with van der Waals surface area (Å²) in [5, 5.41) is 10.6. The minimum absolute atomic E-state index is 0.101. The van der Waals surface area contributed by atoms with Gasteiger partial charge in [0, 0.05) is 25.7 Å². The Bertz CT molecular complexity index is 1850. The van der Waals surface area contributed by atoms with Crippen molar-refractivity contribution in [3.63, 3.8) is 0 Å². The molecule has 0 radical (unpaired) electrons. The number of rotatable bonds is 72. The molecule has 0 aliphatic heterocycles. The molecule has 0 fully saturated rings. The third-order valence-electron chi connectivity index (χ3n) is 18.0. The van der Waals surface area contributed by atoms with Crippen molar-refractivity contribution in [2.24, 2.45) is 23.7 Å². The molecule has 0 aromatic heterocycles. The van der Waals surface area contributed by atoms with Crippen molar-refractivity contribution in [2.75, 3.05) is 39.6 Å². The highest BCUT2D eigenvalue weighted by Crippen LogP contribution is 2.45. The van der Waals surface area contributed by atoms with Gasteiger partial charge in [0.05, 0.1) is 26.4 Å². The van der Waals surface area contributed by atoms with Gasteiger partial charge >= 0.3 is 39.5 Å². The van der Waals surface area contributed by atoms with Crippen molar-refractivity contribution in [1.29, 1.82) is 0 Å². The number of carbonyl (C=O) groups excluding carboxylic acids is 4. The number of esters is 4. The number of aliphatic hydroxyl groups is 1. The quantitative estimate of drug-likeness (QED) is 0.0222. The molecule has 0 aromatic rings. The molecule has 558 valence electrons. The van der Waals surface area contributed by atoms with Gasteiger partial charge in [-0.25, -0.2) is 9.13 Å². The Labute approximate surface area is 575 Å². The van der Waals surface area contributed by atoms with E-state index in [-0.39, 0.29) is 25.7 Å². The first-order valence-electron chi connectivity index (χ1n) is 38.8. The molecule has 0 saturated heterocycles. The molecule has 19 heteroatoms. The van der Waals surface area contributed by atoms with Gasteiger partial charge in [0.1, 0.15) is 19.3 Å². The van der Waals surface area contributed by atoms with Gasteiger partial charge in [0.25, 0.3) is 0 Å². The molecule has 7 atom stereocenters. The van der Waals surface area contributed by atoms with Gasteiger partial charge in [-0.1, -0.05) is 325 Å². The zero-order valence-electron chi connectivity index (χ0n) is 61.6. The summed E-state index contributed by atoms with van der Waals surface area (Å²) >= 11 is 0. The molecule has 17 nitrogen and oxygen atoms in total. The molecule has 0 rings (SSSR count). The summed E-state index contributed by atoms with van der Waals surface area (Å²) in [4.78, 5) is 72.6. The predicted octanol–water partition coefficient (Wildman–Crippen LogP) is 21.7. The number of carbonyl (C=O) groups is 4. The number of hydrogen-bond donors (Lipinski definition) is 3. The van der Waals surface area contributed by atoms with Crippen LogP contribution in [0.3, 0.4) is 0 Å². The van der Waals surface area contributed by atoms with Gasteiger partial charge in [-0.2, -0.15) is 0 Å². The number of ether oxygens (including phenoxy) is 4. The van der Waals surface area contributed by atoms with E-state index in [0.29, 0.717) is 31.6 Å². The van der Waals surface area contributed by atoms with Gasteiger partial charge in [-0.3, -0.25) is 37.3 Å². The highest BCUT2D eigenvalue weighted by Gasteiger charge is 2.30. The number of phosphoric acid groups is 2. The first-order valence-corrected chi connectivity index (χ1v) is 41.8. The van der Waals surface area contributed by atoms with E-state index in [1.807, 2.05) is 0 Å². The number of hydrogen-bond acceptors (Lipinski definition) is 15. The van der Waals surface area contributed by atoms with Crippen molar-refractivity contribution >= 4 is 39.5 Å². The van der Waals surface area contributed by atoms with E-state index in [1.54, 1.807) is 0 Å². The van der Waals surface area contributed by atoms with E-state index in [4.69, 9.17) is 37.0 Å². The van der Waals surface area contributed by atoms with Crippen LogP contribution in [0.2, 0.25) is 0 Å². The Morgan fingerprint density at radius 2 is 0.511 bits per heavy atom. The third kappa shape index (κ3) is 66.0. The fourth-order valence-electron chi connectivity index (χ4n) is 11.3. The van der Waals surface area contributed by atoms with Crippen LogP contribution in [0.15, 0.2) is 0 Å². The lowest BCUT2D eigenvalue weighted by molar-refractivity contribution is -0.161. The van der Waals surface area contributed by atoms with Gasteiger partial charge < -0.3 is 33.8 Å². The molecular weight excluding hydrogens is 1230 g/mol. The van der Waals surface area contributed by atoms with Gasteiger partial charge in [0.2, 0.25) is 0 Å². The molecule has 94 heavy (non-hydrogen) atoms. The number of phosphoric ester groups is 2. The minimum atomic E-state index is -4.96. The lowest BCUT2D eigenvalue weighted by atomic mass is 9.99. The van der Waals surface area contributed by atoms with Gasteiger partial charge in [-0.05, 0) is 49.4 Å². The Morgan fingerprint density at radius 3 is 0.755 bits per heavy atom. The molecule has 0 aliphatic rings. The van der Waals surface area contributed by atoms with Crippen molar-refractivity contribution in [1.82, 2.24) is 0 Å². The highest BCUT2D eigenvalue weighted by atomic mass is 31.2. The number of unbranched alkanes of at least 4 members (excludes halogenated alkanes) is 36. The second-order valence-electron chi connectivity index (χ2n) is 28.5. The Morgan fingerprint density at radius 1 is 0.298 bits per heavy atom. The lowest BCUT2D eigenvalue weighted by Crippen LogP contribution is -2.30. The van der Waals surface area contributed by atoms with Crippen LogP contribution in [0.4, 0.5) is 0 Å². The molecule has 4 unspecified atom stereocenters. The molecule has 0 saturated carbocycles. The predicted molar refractivity (Wildman–Crippen MR) is 381 cm³/mol. The maximum absolute atomic E-state index is 13.1. The van der Waals surface area contributed by atoms with Crippen LogP contribution in [0.1, 0.15) is 376 Å². The van der Waals surface area contributed by atoms with E-state index in [9.17, 15) is 43.2 Å². The second kappa shape index (κ2) is 64.4. The maximum atomic E-state index is 13.1. The largest absolute Gasteiger partial charge is 0.472 e. The summed E-state index contributed by atoms with van der Waals surface area (Å²) in [5.74, 6) is 0.900. The standard InChI is InChI=1S/C75H146O17P2/c1-9-67(7)53-45-37-28-24-19-17-15-13-11-12-14-16-18-20-26-30-41-49-57-74(79)91-70(62-86-73(78)56-48-40-34-32-38-46-54-68(8)10-2)63-89-93(81,82)87-59-69(76)60-88-94(83,84)90-64-71(92-75(80)58-50-42-33-31-36-44-52-66(5)6)61-85-72(77)55-47-39-29-25-22-21-23-27-35-43-51-65(3)4/h65-71,76H,9-64H2,1-8H3,(H,81,82)(H,83,84)/t67?,68?,69-,70+,71+/m0/s1. The normalized spacial score (nSPS) is 14.7. The molecular formula is C75H146O17P2. The average Bonchev–Trinajstić information content (AvgIpc) is 1.48. The molecule has 0 spiro atoms. The fraction of sp³-hybridized carbons (Fsp3) is 0.947. The van der Waals surface area contributed by atoms with E-state index in [2.05, 4.69) is 55.4 Å². The maximum Gasteiger partial charge on any atom is 0.472 e. The van der Waals surface area contributed by atoms with Crippen LogP contribution in [0.25, 0.3) is 0 Å².